The fraction of sp³-hybridized carbons (Fsp3) is 0.348. The maximum Gasteiger partial charge on any atom is 0.293 e. The van der Waals surface area contributed by atoms with Crippen LogP contribution in [0.1, 0.15) is 16.4 Å². The number of rotatable bonds is 7. The maximum atomic E-state index is 12.9. The van der Waals surface area contributed by atoms with Crippen molar-refractivity contribution in [1.82, 2.24) is 24.6 Å². The van der Waals surface area contributed by atoms with Gasteiger partial charge in [-0.25, -0.2) is 9.67 Å². The van der Waals surface area contributed by atoms with Crippen molar-refractivity contribution in [3.8, 4) is 17.2 Å². The number of aromatic nitrogens is 3. The van der Waals surface area contributed by atoms with Gasteiger partial charge in [0.15, 0.2) is 0 Å². The summed E-state index contributed by atoms with van der Waals surface area (Å²) in [5, 5.41) is 5.08. The van der Waals surface area contributed by atoms with Gasteiger partial charge in [-0.3, -0.25) is 9.69 Å². The minimum absolute atomic E-state index is 0.144. The molecule has 0 aliphatic carbocycles. The van der Waals surface area contributed by atoms with Gasteiger partial charge in [0, 0.05) is 37.7 Å². The summed E-state index contributed by atoms with van der Waals surface area (Å²) in [6.45, 7) is 6.07. The molecule has 8 nitrogen and oxygen atoms in total. The number of hydrogen-bond acceptors (Lipinski definition) is 6. The summed E-state index contributed by atoms with van der Waals surface area (Å²) in [6, 6.07) is 14.8. The highest BCUT2D eigenvalue weighted by molar-refractivity contribution is 6.30. The lowest BCUT2D eigenvalue weighted by Gasteiger charge is -2.34. The average molecular weight is 456 g/mol. The Morgan fingerprint density at radius 2 is 1.66 bits per heavy atom. The monoisotopic (exact) mass is 455 g/mol. The minimum Gasteiger partial charge on any atom is -0.497 e. The van der Waals surface area contributed by atoms with E-state index in [1.54, 1.807) is 23.9 Å². The highest BCUT2D eigenvalue weighted by Gasteiger charge is 2.25. The average Bonchev–Trinajstić information content (AvgIpc) is 3.21. The molecule has 32 heavy (non-hydrogen) atoms. The molecule has 4 rings (SSSR count). The quantitative estimate of drug-likeness (QED) is 0.545. The van der Waals surface area contributed by atoms with Crippen molar-refractivity contribution in [1.29, 1.82) is 0 Å². The number of aryl methyl sites for hydroxylation is 1. The third kappa shape index (κ3) is 5.20. The van der Waals surface area contributed by atoms with Crippen LogP contribution in [0.4, 0.5) is 0 Å². The molecule has 0 atom stereocenters. The van der Waals surface area contributed by atoms with E-state index in [0.29, 0.717) is 30.5 Å². The van der Waals surface area contributed by atoms with Crippen LogP contribution in [0.2, 0.25) is 5.02 Å². The van der Waals surface area contributed by atoms with Gasteiger partial charge in [0.2, 0.25) is 5.82 Å². The van der Waals surface area contributed by atoms with Crippen LogP contribution in [0.5, 0.6) is 11.5 Å². The van der Waals surface area contributed by atoms with Crippen molar-refractivity contribution in [2.24, 2.45) is 0 Å². The van der Waals surface area contributed by atoms with Gasteiger partial charge in [-0.15, -0.1) is 5.10 Å². The van der Waals surface area contributed by atoms with Gasteiger partial charge < -0.3 is 14.4 Å². The summed E-state index contributed by atoms with van der Waals surface area (Å²) < 4.78 is 12.6. The lowest BCUT2D eigenvalue weighted by atomic mass is 10.3. The van der Waals surface area contributed by atoms with Gasteiger partial charge in [0.25, 0.3) is 5.91 Å². The first-order chi connectivity index (χ1) is 15.5. The third-order valence-corrected chi connectivity index (χ3v) is 5.68. The molecule has 0 unspecified atom stereocenters. The Bertz CT molecular complexity index is 1040. The van der Waals surface area contributed by atoms with Crippen LogP contribution in [-0.2, 0) is 0 Å². The molecular formula is C23H26ClN5O3. The lowest BCUT2D eigenvalue weighted by molar-refractivity contribution is 0.0608. The number of nitrogens with zero attached hydrogens (tertiary/aromatic N) is 5. The zero-order valence-electron chi connectivity index (χ0n) is 18.2. The van der Waals surface area contributed by atoms with Crippen LogP contribution >= 0.6 is 11.6 Å². The summed E-state index contributed by atoms with van der Waals surface area (Å²) in [7, 11) is 1.64. The zero-order valence-corrected chi connectivity index (χ0v) is 19.0. The van der Waals surface area contributed by atoms with Gasteiger partial charge >= 0.3 is 0 Å². The van der Waals surface area contributed by atoms with Gasteiger partial charge in [-0.2, -0.15) is 0 Å². The first-order valence-electron chi connectivity index (χ1n) is 10.5. The van der Waals surface area contributed by atoms with Crippen molar-refractivity contribution in [3.05, 3.63) is 65.2 Å². The van der Waals surface area contributed by atoms with E-state index in [1.165, 1.54) is 0 Å². The molecule has 3 aromatic rings. The Morgan fingerprint density at radius 3 is 2.31 bits per heavy atom. The van der Waals surface area contributed by atoms with Crippen LogP contribution < -0.4 is 9.47 Å². The molecule has 1 saturated heterocycles. The number of carbonyl (C=O) groups excluding carboxylic acids is 1. The molecule has 1 fully saturated rings. The second kappa shape index (κ2) is 10.0. The summed E-state index contributed by atoms with van der Waals surface area (Å²) in [5.74, 6) is 2.35. The summed E-state index contributed by atoms with van der Waals surface area (Å²) in [4.78, 5) is 21.4. The van der Waals surface area contributed by atoms with Crippen LogP contribution in [0.25, 0.3) is 5.69 Å². The molecule has 2 heterocycles. The predicted molar refractivity (Wildman–Crippen MR) is 122 cm³/mol. The standard InChI is InChI=1S/C23H26ClN5O3/c1-17-25-22(26-29(17)19-5-3-18(24)4-6-19)23(30)28-13-11-27(12-14-28)15-16-32-21-9-7-20(31-2)8-10-21/h3-10H,11-16H2,1-2H3. The van der Waals surface area contributed by atoms with Crippen LogP contribution in [0, 0.1) is 6.92 Å². The zero-order chi connectivity index (χ0) is 22.5. The highest BCUT2D eigenvalue weighted by atomic mass is 35.5. The summed E-state index contributed by atoms with van der Waals surface area (Å²) in [5.41, 5.74) is 0.820. The molecule has 0 saturated carbocycles. The van der Waals surface area contributed by atoms with Crippen LogP contribution in [0.15, 0.2) is 48.5 Å². The Kier molecular flexibility index (Phi) is 6.92. The Balaban J connectivity index is 1.27. The normalized spacial score (nSPS) is 14.4. The number of amides is 1. The lowest BCUT2D eigenvalue weighted by Crippen LogP contribution is -2.49. The summed E-state index contributed by atoms with van der Waals surface area (Å²) in [6.07, 6.45) is 0. The number of piperazine rings is 1. The molecule has 0 radical (unpaired) electrons. The first-order valence-corrected chi connectivity index (χ1v) is 10.9. The topological polar surface area (TPSA) is 72.7 Å². The van der Waals surface area contributed by atoms with Crippen molar-refractivity contribution in [3.63, 3.8) is 0 Å². The van der Waals surface area contributed by atoms with Gasteiger partial charge in [-0.1, -0.05) is 11.6 Å². The number of benzene rings is 2. The van der Waals surface area contributed by atoms with Gasteiger partial charge in [0.1, 0.15) is 23.9 Å². The molecule has 168 valence electrons. The SMILES string of the molecule is COc1ccc(OCCN2CCN(C(=O)c3nc(C)n(-c4ccc(Cl)cc4)n3)CC2)cc1. The highest BCUT2D eigenvalue weighted by Crippen LogP contribution is 2.17. The van der Waals surface area contributed by atoms with E-state index < -0.39 is 0 Å². The smallest absolute Gasteiger partial charge is 0.293 e. The Morgan fingerprint density at radius 1 is 1.00 bits per heavy atom. The second-order valence-corrected chi connectivity index (χ2v) is 7.97. The Labute approximate surface area is 192 Å². The number of hydrogen-bond donors (Lipinski definition) is 0. The fourth-order valence-electron chi connectivity index (χ4n) is 3.59. The third-order valence-electron chi connectivity index (χ3n) is 5.43. The van der Waals surface area contributed by atoms with Crippen molar-refractivity contribution >= 4 is 17.5 Å². The van der Waals surface area contributed by atoms with E-state index in [2.05, 4.69) is 15.0 Å². The molecule has 1 amide bonds. The van der Waals surface area contributed by atoms with E-state index in [1.807, 2.05) is 48.2 Å². The number of halogens is 1. The van der Waals surface area contributed by atoms with Crippen molar-refractivity contribution < 1.29 is 14.3 Å². The van der Waals surface area contributed by atoms with E-state index in [4.69, 9.17) is 21.1 Å². The van der Waals surface area contributed by atoms with E-state index in [0.717, 1.165) is 36.8 Å². The van der Waals surface area contributed by atoms with E-state index in [-0.39, 0.29) is 11.7 Å². The van der Waals surface area contributed by atoms with Crippen molar-refractivity contribution in [2.45, 2.75) is 6.92 Å². The second-order valence-electron chi connectivity index (χ2n) is 7.53. The molecule has 9 heteroatoms. The molecule has 1 aliphatic heterocycles. The van der Waals surface area contributed by atoms with Gasteiger partial charge in [0.05, 0.1) is 12.8 Å². The predicted octanol–water partition coefficient (Wildman–Crippen LogP) is 3.07. The molecule has 0 N–H and O–H groups in total. The Hall–Kier alpha value is -3.10. The van der Waals surface area contributed by atoms with Gasteiger partial charge in [-0.05, 0) is 55.5 Å². The fourth-order valence-corrected chi connectivity index (χ4v) is 3.71. The maximum absolute atomic E-state index is 12.9. The summed E-state index contributed by atoms with van der Waals surface area (Å²) >= 11 is 5.96. The largest absolute Gasteiger partial charge is 0.497 e. The molecule has 2 aromatic carbocycles. The number of methoxy groups -OCH3 is 1. The molecule has 0 spiro atoms. The van der Waals surface area contributed by atoms with E-state index >= 15 is 0 Å². The molecule has 1 aliphatic rings. The number of carbonyl (C=O) groups is 1. The number of ether oxygens (including phenoxy) is 2. The van der Waals surface area contributed by atoms with E-state index in [9.17, 15) is 4.79 Å². The molecule has 0 bridgehead atoms. The van der Waals surface area contributed by atoms with Crippen LogP contribution in [-0.4, -0.2) is 76.9 Å². The molecular weight excluding hydrogens is 430 g/mol. The van der Waals surface area contributed by atoms with Crippen molar-refractivity contribution in [2.75, 3.05) is 46.4 Å². The first kappa shape index (κ1) is 22.1. The molecule has 1 aromatic heterocycles. The van der Waals surface area contributed by atoms with Crippen LogP contribution in [0.3, 0.4) is 0 Å². The minimum atomic E-state index is -0.144.